The molecule has 3 N–H and O–H groups in total. The van der Waals surface area contributed by atoms with Crippen molar-refractivity contribution in [2.45, 2.75) is 0 Å². The quantitative estimate of drug-likeness (QED) is 0.753. The summed E-state index contributed by atoms with van der Waals surface area (Å²) in [5.74, 6) is 0.656. The lowest BCUT2D eigenvalue weighted by atomic mass is 10.0. The molecule has 5 heteroatoms. The van der Waals surface area contributed by atoms with Crippen molar-refractivity contribution >= 4 is 17.4 Å². The molecule has 0 unspecified atom stereocenters. The number of nitrogens with one attached hydrogen (secondary N) is 1. The average Bonchev–Trinajstić information content (AvgIpc) is 2.62. The van der Waals surface area contributed by atoms with E-state index in [0.717, 1.165) is 22.6 Å². The largest absolute Gasteiger partial charge is 0.496 e. The molecule has 0 saturated carbocycles. The predicted octanol–water partition coefficient (Wildman–Crippen LogP) is 3.60. The summed E-state index contributed by atoms with van der Waals surface area (Å²) >= 11 is 0. The maximum absolute atomic E-state index is 11.6. The van der Waals surface area contributed by atoms with Crippen LogP contribution in [0.25, 0.3) is 11.1 Å². The van der Waals surface area contributed by atoms with Crippen LogP contribution in [0.15, 0.2) is 66.9 Å². The Kier molecular flexibility index (Phi) is 4.43. The number of para-hydroxylation sites is 1. The van der Waals surface area contributed by atoms with Crippen molar-refractivity contribution in [3.8, 4) is 16.9 Å². The normalized spacial score (nSPS) is 10.2. The molecular weight excluding hydrogens is 302 g/mol. The molecular formula is C19H17N3O2. The minimum absolute atomic E-state index is 0.351. The van der Waals surface area contributed by atoms with Gasteiger partial charge in [-0.05, 0) is 47.5 Å². The minimum Gasteiger partial charge on any atom is -0.496 e. The van der Waals surface area contributed by atoms with Gasteiger partial charge in [-0.2, -0.15) is 0 Å². The van der Waals surface area contributed by atoms with Gasteiger partial charge in [0, 0.05) is 11.9 Å². The van der Waals surface area contributed by atoms with E-state index >= 15 is 0 Å². The lowest BCUT2D eigenvalue weighted by Gasteiger charge is -2.10. The number of methoxy groups -OCH3 is 1. The summed E-state index contributed by atoms with van der Waals surface area (Å²) in [6.07, 6.45) is 1.72. The number of hydrogen-bond acceptors (Lipinski definition) is 4. The van der Waals surface area contributed by atoms with E-state index < -0.39 is 5.91 Å². The van der Waals surface area contributed by atoms with Crippen molar-refractivity contribution in [2.75, 3.05) is 12.4 Å². The Labute approximate surface area is 140 Å². The molecule has 0 aliphatic heterocycles. The van der Waals surface area contributed by atoms with Crippen LogP contribution in [0.1, 0.15) is 10.4 Å². The first-order chi connectivity index (χ1) is 11.7. The molecule has 2 aromatic carbocycles. The number of carbonyl (C=O) groups excluding carboxylic acids is 1. The number of benzene rings is 2. The molecule has 3 aromatic rings. The highest BCUT2D eigenvalue weighted by molar-refractivity contribution is 5.97. The lowest BCUT2D eigenvalue weighted by molar-refractivity contribution is 0.0997. The number of rotatable bonds is 5. The van der Waals surface area contributed by atoms with Crippen LogP contribution in [0.2, 0.25) is 0 Å². The first-order valence-corrected chi connectivity index (χ1v) is 7.44. The number of aromatic nitrogens is 1. The summed E-state index contributed by atoms with van der Waals surface area (Å²) in [5.41, 5.74) is 8.52. The molecule has 120 valence electrons. The van der Waals surface area contributed by atoms with E-state index in [1.54, 1.807) is 18.3 Å². The molecule has 0 atom stereocenters. The van der Waals surface area contributed by atoms with Crippen molar-refractivity contribution in [1.29, 1.82) is 0 Å². The van der Waals surface area contributed by atoms with E-state index in [1.165, 1.54) is 7.11 Å². The summed E-state index contributed by atoms with van der Waals surface area (Å²) in [6.45, 7) is 0. The molecule has 5 nitrogen and oxygen atoms in total. The minimum atomic E-state index is -0.523. The SMILES string of the molecule is COc1ccc(-c2ccnc(Nc3ccccc3)c2)cc1C(N)=O. The smallest absolute Gasteiger partial charge is 0.252 e. The summed E-state index contributed by atoms with van der Waals surface area (Å²) in [7, 11) is 1.51. The van der Waals surface area contributed by atoms with Gasteiger partial charge < -0.3 is 15.8 Å². The number of nitrogens with two attached hydrogens (primary N) is 1. The molecule has 0 fully saturated rings. The van der Waals surface area contributed by atoms with Crippen LogP contribution >= 0.6 is 0 Å². The number of anilines is 2. The van der Waals surface area contributed by atoms with Crippen molar-refractivity contribution in [1.82, 2.24) is 4.98 Å². The van der Waals surface area contributed by atoms with E-state index in [0.29, 0.717) is 11.3 Å². The number of nitrogens with zero attached hydrogens (tertiary/aromatic N) is 1. The summed E-state index contributed by atoms with van der Waals surface area (Å²) in [5, 5.41) is 3.25. The molecule has 0 aliphatic rings. The van der Waals surface area contributed by atoms with E-state index in [1.807, 2.05) is 48.5 Å². The highest BCUT2D eigenvalue weighted by Gasteiger charge is 2.11. The van der Waals surface area contributed by atoms with Crippen LogP contribution in [0.5, 0.6) is 5.75 Å². The number of carbonyl (C=O) groups is 1. The summed E-state index contributed by atoms with van der Waals surface area (Å²) in [6, 6.07) is 18.9. The van der Waals surface area contributed by atoms with Gasteiger partial charge in [0.25, 0.3) is 5.91 Å². The van der Waals surface area contributed by atoms with E-state index in [4.69, 9.17) is 10.5 Å². The zero-order chi connectivity index (χ0) is 16.9. The topological polar surface area (TPSA) is 77.2 Å². The Balaban J connectivity index is 1.94. The number of hydrogen-bond donors (Lipinski definition) is 2. The van der Waals surface area contributed by atoms with Crippen LogP contribution in [0, 0.1) is 0 Å². The molecule has 1 aromatic heterocycles. The van der Waals surface area contributed by atoms with Gasteiger partial charge in [-0.25, -0.2) is 4.98 Å². The maximum Gasteiger partial charge on any atom is 0.252 e. The molecule has 0 bridgehead atoms. The van der Waals surface area contributed by atoms with Gasteiger partial charge in [-0.3, -0.25) is 4.79 Å². The molecule has 1 heterocycles. The van der Waals surface area contributed by atoms with Crippen LogP contribution in [0.4, 0.5) is 11.5 Å². The van der Waals surface area contributed by atoms with E-state index in [2.05, 4.69) is 10.3 Å². The second kappa shape index (κ2) is 6.83. The molecule has 0 saturated heterocycles. The highest BCUT2D eigenvalue weighted by atomic mass is 16.5. The predicted molar refractivity (Wildman–Crippen MR) is 94.5 cm³/mol. The third-order valence-electron chi connectivity index (χ3n) is 3.60. The third-order valence-corrected chi connectivity index (χ3v) is 3.60. The molecule has 3 rings (SSSR count). The Morgan fingerprint density at radius 2 is 1.79 bits per heavy atom. The second-order valence-corrected chi connectivity index (χ2v) is 5.20. The first kappa shape index (κ1) is 15.6. The molecule has 0 radical (unpaired) electrons. The van der Waals surface area contributed by atoms with Gasteiger partial charge >= 0.3 is 0 Å². The molecule has 0 aliphatic carbocycles. The number of primary amides is 1. The van der Waals surface area contributed by atoms with Crippen LogP contribution in [-0.2, 0) is 0 Å². The Morgan fingerprint density at radius 1 is 1.04 bits per heavy atom. The first-order valence-electron chi connectivity index (χ1n) is 7.44. The number of pyridine rings is 1. The molecule has 24 heavy (non-hydrogen) atoms. The summed E-state index contributed by atoms with van der Waals surface area (Å²) in [4.78, 5) is 15.9. The van der Waals surface area contributed by atoms with Crippen molar-refractivity contribution in [3.05, 3.63) is 72.4 Å². The van der Waals surface area contributed by atoms with Crippen molar-refractivity contribution < 1.29 is 9.53 Å². The molecule has 0 spiro atoms. The number of amides is 1. The Bertz CT molecular complexity index is 863. The van der Waals surface area contributed by atoms with Gasteiger partial charge in [0.15, 0.2) is 0 Å². The van der Waals surface area contributed by atoms with Crippen LogP contribution in [0.3, 0.4) is 0 Å². The summed E-state index contributed by atoms with van der Waals surface area (Å²) < 4.78 is 5.17. The lowest BCUT2D eigenvalue weighted by Crippen LogP contribution is -2.12. The van der Waals surface area contributed by atoms with Gasteiger partial charge in [-0.1, -0.05) is 24.3 Å². The maximum atomic E-state index is 11.6. The van der Waals surface area contributed by atoms with E-state index in [9.17, 15) is 4.79 Å². The Morgan fingerprint density at radius 3 is 2.50 bits per heavy atom. The fraction of sp³-hybridized carbons (Fsp3) is 0.0526. The van der Waals surface area contributed by atoms with Gasteiger partial charge in [0.05, 0.1) is 12.7 Å². The van der Waals surface area contributed by atoms with E-state index in [-0.39, 0.29) is 0 Å². The fourth-order valence-electron chi connectivity index (χ4n) is 2.43. The van der Waals surface area contributed by atoms with Crippen molar-refractivity contribution in [2.24, 2.45) is 5.73 Å². The van der Waals surface area contributed by atoms with Crippen molar-refractivity contribution in [3.63, 3.8) is 0 Å². The monoisotopic (exact) mass is 319 g/mol. The highest BCUT2D eigenvalue weighted by Crippen LogP contribution is 2.28. The van der Waals surface area contributed by atoms with Crippen LogP contribution in [-0.4, -0.2) is 18.0 Å². The third kappa shape index (κ3) is 3.35. The fourth-order valence-corrected chi connectivity index (χ4v) is 2.43. The van der Waals surface area contributed by atoms with Gasteiger partial charge in [0.1, 0.15) is 11.6 Å². The standard InChI is InChI=1S/C19H17N3O2/c1-24-17-8-7-13(11-16(17)19(20)23)14-9-10-21-18(12-14)22-15-5-3-2-4-6-15/h2-12H,1H3,(H2,20,23)(H,21,22). The zero-order valence-corrected chi connectivity index (χ0v) is 13.2. The van der Waals surface area contributed by atoms with Gasteiger partial charge in [-0.15, -0.1) is 0 Å². The Hall–Kier alpha value is -3.34. The van der Waals surface area contributed by atoms with Crippen LogP contribution < -0.4 is 15.8 Å². The number of ether oxygens (including phenoxy) is 1. The zero-order valence-electron chi connectivity index (χ0n) is 13.2. The average molecular weight is 319 g/mol. The van der Waals surface area contributed by atoms with Gasteiger partial charge in [0.2, 0.25) is 0 Å². The molecule has 1 amide bonds. The second-order valence-electron chi connectivity index (χ2n) is 5.20.